The normalized spacial score (nSPS) is 19.8. The molecule has 1 aliphatic heterocycles. The van der Waals surface area contributed by atoms with Gasteiger partial charge in [-0.05, 0) is 93.8 Å². The summed E-state index contributed by atoms with van der Waals surface area (Å²) in [5, 5.41) is 10.6. The maximum absolute atomic E-state index is 4.70. The molecule has 38 heavy (non-hydrogen) atoms. The molecule has 0 amide bonds. The van der Waals surface area contributed by atoms with Crippen LogP contribution < -0.4 is 5.32 Å². The molecule has 0 radical (unpaired) electrons. The Morgan fingerprint density at radius 1 is 1.08 bits per heavy atom. The van der Waals surface area contributed by atoms with E-state index in [1.807, 2.05) is 23.6 Å². The van der Waals surface area contributed by atoms with E-state index < -0.39 is 0 Å². The molecular weight excluding hydrogens is 488 g/mol. The van der Waals surface area contributed by atoms with Gasteiger partial charge in [0.25, 0.3) is 0 Å². The van der Waals surface area contributed by atoms with Gasteiger partial charge in [-0.25, -0.2) is 9.97 Å². The molecule has 7 heteroatoms. The van der Waals surface area contributed by atoms with Gasteiger partial charge in [0.05, 0.1) is 23.6 Å². The Kier molecular flexibility index (Phi) is 6.34. The summed E-state index contributed by atoms with van der Waals surface area (Å²) in [6.07, 6.45) is 11.3. The Labute approximate surface area is 227 Å². The van der Waals surface area contributed by atoms with Crippen LogP contribution in [-0.2, 0) is 19.4 Å². The Morgan fingerprint density at radius 3 is 2.87 bits per heavy atom. The first kappa shape index (κ1) is 23.8. The summed E-state index contributed by atoms with van der Waals surface area (Å²) in [6, 6.07) is 17.7. The highest BCUT2D eigenvalue weighted by molar-refractivity contribution is 7.19. The van der Waals surface area contributed by atoms with Gasteiger partial charge < -0.3 is 10.2 Å². The third kappa shape index (κ3) is 4.58. The zero-order chi connectivity index (χ0) is 25.5. The molecule has 2 unspecified atom stereocenters. The number of rotatable bonds is 7. The molecular formula is C31H34N6S. The third-order valence-electron chi connectivity index (χ3n) is 8.54. The summed E-state index contributed by atoms with van der Waals surface area (Å²) in [5.74, 6) is 1.70. The molecule has 0 spiro atoms. The van der Waals surface area contributed by atoms with Crippen molar-refractivity contribution in [2.24, 2.45) is 5.92 Å². The van der Waals surface area contributed by atoms with E-state index in [2.05, 4.69) is 74.4 Å². The fraction of sp³-hybridized carbons (Fsp3) is 0.387. The number of hydrogen-bond donors (Lipinski definition) is 1. The van der Waals surface area contributed by atoms with E-state index in [9.17, 15) is 0 Å². The lowest BCUT2D eigenvalue weighted by Crippen LogP contribution is -2.30. The minimum Gasteiger partial charge on any atom is -0.340 e. The molecule has 1 saturated heterocycles. The quantitative estimate of drug-likeness (QED) is 0.254. The highest BCUT2D eigenvalue weighted by atomic mass is 32.1. The number of aromatic nitrogens is 4. The number of likely N-dealkylation sites (tertiary alicyclic amines) is 1. The number of aryl methyl sites for hydroxylation is 1. The lowest BCUT2D eigenvalue weighted by atomic mass is 9.85. The fourth-order valence-corrected chi connectivity index (χ4v) is 7.68. The van der Waals surface area contributed by atoms with Crippen molar-refractivity contribution in [3.63, 3.8) is 0 Å². The van der Waals surface area contributed by atoms with Crippen molar-refractivity contribution in [3.8, 4) is 0 Å². The highest BCUT2D eigenvalue weighted by Gasteiger charge is 2.27. The fourth-order valence-electron chi connectivity index (χ4n) is 6.38. The van der Waals surface area contributed by atoms with Gasteiger partial charge in [-0.2, -0.15) is 5.10 Å². The zero-order valence-corrected chi connectivity index (χ0v) is 22.8. The van der Waals surface area contributed by atoms with Crippen LogP contribution in [0.2, 0.25) is 0 Å². The molecule has 0 saturated carbocycles. The molecule has 2 atom stereocenters. The number of nitrogens with one attached hydrogen (secondary N) is 1. The molecule has 4 heterocycles. The lowest BCUT2D eigenvalue weighted by Gasteiger charge is -2.27. The minimum atomic E-state index is 0.764. The smallest absolute Gasteiger partial charge is 0.142 e. The Balaban J connectivity index is 1.10. The molecule has 7 rings (SSSR count). The lowest BCUT2D eigenvalue weighted by molar-refractivity contribution is 0.240. The summed E-state index contributed by atoms with van der Waals surface area (Å²) in [7, 11) is 0. The number of fused-ring (bicyclic) bond motifs is 4. The summed E-state index contributed by atoms with van der Waals surface area (Å²) < 4.78 is 2.06. The van der Waals surface area contributed by atoms with Crippen molar-refractivity contribution in [1.82, 2.24) is 24.6 Å². The minimum absolute atomic E-state index is 0.764. The monoisotopic (exact) mass is 522 g/mol. The number of nitrogens with zero attached hydrogens (tertiary/aromatic N) is 5. The standard InChI is InChI=1S/C31H34N6S/c1-21-6-5-14-36(21)15-13-22-9-11-26-28(16-22)38-31-29(26)30(32-20-33-31)35-25-10-12-27-24(17-25)18-34-37(27)19-23-7-3-2-4-8-23/h2-4,7-8,10,12,17-18,20-22H,5-6,9,11,13-16,19H2,1H3,(H,32,33,35). The SMILES string of the molecule is CC1CCCN1CCC1CCc2c(sc3ncnc(Nc4ccc5c(cnn5Cc5ccccc5)c4)c23)C1. The topological polar surface area (TPSA) is 58.9 Å². The Hall–Kier alpha value is -3.29. The van der Waals surface area contributed by atoms with E-state index >= 15 is 0 Å². The first-order chi connectivity index (χ1) is 18.7. The van der Waals surface area contributed by atoms with Crippen LogP contribution in [0.5, 0.6) is 0 Å². The summed E-state index contributed by atoms with van der Waals surface area (Å²) in [4.78, 5) is 14.7. The average Bonchev–Trinajstić information content (AvgIpc) is 3.64. The van der Waals surface area contributed by atoms with Crippen molar-refractivity contribution in [3.05, 3.63) is 77.1 Å². The van der Waals surface area contributed by atoms with Crippen molar-refractivity contribution < 1.29 is 0 Å². The maximum atomic E-state index is 4.70. The van der Waals surface area contributed by atoms with Crippen molar-refractivity contribution in [2.45, 2.75) is 58.0 Å². The molecule has 1 fully saturated rings. The van der Waals surface area contributed by atoms with Crippen LogP contribution in [0.3, 0.4) is 0 Å². The highest BCUT2D eigenvalue weighted by Crippen LogP contribution is 2.41. The molecule has 2 aromatic carbocycles. The van der Waals surface area contributed by atoms with Crippen molar-refractivity contribution in [2.75, 3.05) is 18.4 Å². The van der Waals surface area contributed by atoms with E-state index in [4.69, 9.17) is 4.98 Å². The van der Waals surface area contributed by atoms with E-state index in [1.54, 1.807) is 6.33 Å². The number of benzene rings is 2. The molecule has 194 valence electrons. The van der Waals surface area contributed by atoms with Gasteiger partial charge in [-0.15, -0.1) is 11.3 Å². The third-order valence-corrected chi connectivity index (χ3v) is 9.70. The van der Waals surface area contributed by atoms with Gasteiger partial charge in [0.15, 0.2) is 0 Å². The molecule has 1 N–H and O–H groups in total. The van der Waals surface area contributed by atoms with Gasteiger partial charge in [0.2, 0.25) is 0 Å². The van der Waals surface area contributed by atoms with E-state index in [1.165, 1.54) is 66.6 Å². The Morgan fingerprint density at radius 2 is 2.00 bits per heavy atom. The second kappa shape index (κ2) is 10.1. The van der Waals surface area contributed by atoms with E-state index in [0.717, 1.165) is 52.2 Å². The number of thiophene rings is 1. The zero-order valence-electron chi connectivity index (χ0n) is 21.9. The van der Waals surface area contributed by atoms with Crippen LogP contribution in [0.15, 0.2) is 61.1 Å². The molecule has 3 aromatic heterocycles. The first-order valence-electron chi connectivity index (χ1n) is 14.0. The van der Waals surface area contributed by atoms with Crippen LogP contribution in [0.1, 0.15) is 48.6 Å². The van der Waals surface area contributed by atoms with Crippen LogP contribution in [0.4, 0.5) is 11.5 Å². The van der Waals surface area contributed by atoms with Crippen LogP contribution in [0, 0.1) is 5.92 Å². The predicted molar refractivity (Wildman–Crippen MR) is 156 cm³/mol. The van der Waals surface area contributed by atoms with Gasteiger partial charge >= 0.3 is 0 Å². The molecule has 6 nitrogen and oxygen atoms in total. The number of hydrogen-bond acceptors (Lipinski definition) is 6. The van der Waals surface area contributed by atoms with Crippen molar-refractivity contribution >= 4 is 44.0 Å². The summed E-state index contributed by atoms with van der Waals surface area (Å²) >= 11 is 1.88. The summed E-state index contributed by atoms with van der Waals surface area (Å²) in [6.45, 7) is 5.69. The molecule has 1 aliphatic carbocycles. The average molecular weight is 523 g/mol. The second-order valence-electron chi connectivity index (χ2n) is 11.0. The van der Waals surface area contributed by atoms with Crippen LogP contribution in [-0.4, -0.2) is 43.8 Å². The van der Waals surface area contributed by atoms with E-state index in [-0.39, 0.29) is 0 Å². The van der Waals surface area contributed by atoms with Gasteiger partial charge in [-0.1, -0.05) is 30.3 Å². The van der Waals surface area contributed by atoms with Gasteiger partial charge in [0, 0.05) is 22.0 Å². The maximum Gasteiger partial charge on any atom is 0.142 e. The van der Waals surface area contributed by atoms with Crippen LogP contribution >= 0.6 is 11.3 Å². The second-order valence-corrected chi connectivity index (χ2v) is 12.1. The molecule has 2 aliphatic rings. The van der Waals surface area contributed by atoms with Crippen molar-refractivity contribution in [1.29, 1.82) is 0 Å². The van der Waals surface area contributed by atoms with Gasteiger partial charge in [-0.3, -0.25) is 4.68 Å². The predicted octanol–water partition coefficient (Wildman–Crippen LogP) is 6.81. The molecule has 5 aromatic rings. The van der Waals surface area contributed by atoms with E-state index in [0.29, 0.717) is 0 Å². The summed E-state index contributed by atoms with van der Waals surface area (Å²) in [5.41, 5.74) is 4.88. The van der Waals surface area contributed by atoms with Gasteiger partial charge in [0.1, 0.15) is 17.0 Å². The van der Waals surface area contributed by atoms with Crippen LogP contribution in [0.25, 0.3) is 21.1 Å². The molecule has 0 bridgehead atoms. The Bertz CT molecular complexity index is 1570. The largest absolute Gasteiger partial charge is 0.340 e. The number of anilines is 2. The first-order valence-corrected chi connectivity index (χ1v) is 14.8.